The Morgan fingerprint density at radius 2 is 1.77 bits per heavy atom. The van der Waals surface area contributed by atoms with Crippen LogP contribution in [-0.4, -0.2) is 24.1 Å². The predicted molar refractivity (Wildman–Crippen MR) is 119 cm³/mol. The van der Waals surface area contributed by atoms with Crippen LogP contribution in [0.5, 0.6) is 0 Å². The molecule has 30 heavy (non-hydrogen) atoms. The average molecular weight is 440 g/mol. The predicted octanol–water partition coefficient (Wildman–Crippen LogP) is 4.15. The largest absolute Gasteiger partial charge is 0.339 e. The molecule has 0 bridgehead atoms. The molecule has 2 aromatic carbocycles. The summed E-state index contributed by atoms with van der Waals surface area (Å²) in [6.07, 6.45) is 0. The van der Waals surface area contributed by atoms with Crippen LogP contribution in [0.4, 0.5) is 11.5 Å². The highest BCUT2D eigenvalue weighted by atomic mass is 32.2. The lowest BCUT2D eigenvalue weighted by atomic mass is 10.1. The van der Waals surface area contributed by atoms with Crippen molar-refractivity contribution in [2.24, 2.45) is 11.1 Å². The summed E-state index contributed by atoms with van der Waals surface area (Å²) < 4.78 is 22.9. The van der Waals surface area contributed by atoms with Crippen LogP contribution < -0.4 is 10.5 Å². The zero-order valence-corrected chi connectivity index (χ0v) is 18.2. The number of hydrogen-bond acceptors (Lipinski definition) is 7. The van der Waals surface area contributed by atoms with Gasteiger partial charge in [0.2, 0.25) is 10.0 Å². The molecule has 1 heterocycles. The Morgan fingerprint density at radius 3 is 2.33 bits per heavy atom. The third-order valence-corrected chi connectivity index (χ3v) is 6.24. The highest BCUT2D eigenvalue weighted by Gasteiger charge is 2.17. The normalized spacial score (nSPS) is 11.3. The van der Waals surface area contributed by atoms with E-state index >= 15 is 0 Å². The van der Waals surface area contributed by atoms with Crippen LogP contribution in [0.25, 0.3) is 11.3 Å². The van der Waals surface area contributed by atoms with Crippen LogP contribution in [0.3, 0.4) is 0 Å². The molecule has 0 aliphatic heterocycles. The maximum absolute atomic E-state index is 11.5. The van der Waals surface area contributed by atoms with Gasteiger partial charge in [0.25, 0.3) is 0 Å². The zero-order chi connectivity index (χ0) is 21.7. The second-order valence-electron chi connectivity index (χ2n) is 6.96. The quantitative estimate of drug-likeness (QED) is 0.419. The molecule has 3 N–H and O–H groups in total. The van der Waals surface area contributed by atoms with Crippen LogP contribution in [0.1, 0.15) is 19.4 Å². The number of rotatable bonds is 7. The van der Waals surface area contributed by atoms with Gasteiger partial charge in [-0.3, -0.25) is 0 Å². The van der Waals surface area contributed by atoms with Crippen LogP contribution in [0, 0.1) is 17.2 Å². The van der Waals surface area contributed by atoms with Crippen LogP contribution >= 0.6 is 11.8 Å². The van der Waals surface area contributed by atoms with Gasteiger partial charge < -0.3 is 5.32 Å². The van der Waals surface area contributed by atoms with Crippen molar-refractivity contribution in [1.29, 1.82) is 5.26 Å². The smallest absolute Gasteiger partial charge is 0.238 e. The minimum absolute atomic E-state index is 0.00870. The van der Waals surface area contributed by atoms with Gasteiger partial charge in [0, 0.05) is 17.0 Å². The van der Waals surface area contributed by atoms with Crippen molar-refractivity contribution in [3.63, 3.8) is 0 Å². The lowest BCUT2D eigenvalue weighted by molar-refractivity contribution is 0.598. The van der Waals surface area contributed by atoms with Crippen LogP contribution in [0.2, 0.25) is 0 Å². The molecule has 0 amide bonds. The molecule has 0 atom stereocenters. The number of nitrogens with zero attached hydrogens (tertiary/aromatic N) is 3. The second-order valence-corrected chi connectivity index (χ2v) is 9.50. The Labute approximate surface area is 180 Å². The first-order valence-corrected chi connectivity index (χ1v) is 11.7. The number of benzene rings is 2. The minimum Gasteiger partial charge on any atom is -0.339 e. The lowest BCUT2D eigenvalue weighted by Gasteiger charge is -2.13. The van der Waals surface area contributed by atoms with Gasteiger partial charge in [-0.25, -0.2) is 23.5 Å². The molecule has 0 aliphatic carbocycles. The average Bonchev–Trinajstić information content (AvgIpc) is 2.72. The molecule has 7 nitrogen and oxygen atoms in total. The summed E-state index contributed by atoms with van der Waals surface area (Å²) >= 11 is 1.52. The van der Waals surface area contributed by atoms with E-state index in [-0.39, 0.29) is 4.90 Å². The molecule has 3 rings (SSSR count). The highest BCUT2D eigenvalue weighted by molar-refractivity contribution is 7.99. The molecule has 3 aromatic rings. The van der Waals surface area contributed by atoms with Crippen molar-refractivity contribution in [3.05, 3.63) is 60.2 Å². The molecule has 0 unspecified atom stereocenters. The molecule has 1 aromatic heterocycles. The molecule has 0 saturated heterocycles. The van der Waals surface area contributed by atoms with Gasteiger partial charge in [-0.15, -0.1) is 0 Å². The SMILES string of the molecule is CC(C)CSc1nc(Nc2ccc(S(N)(=O)=O)cc2)c(C#N)c(-c2ccccc2)n1. The molecular weight excluding hydrogens is 418 g/mol. The number of aromatic nitrogens is 2. The second kappa shape index (κ2) is 9.26. The van der Waals surface area contributed by atoms with Crippen LogP contribution in [-0.2, 0) is 10.0 Å². The standard InChI is InChI=1S/C21H21N5O2S2/c1-14(2)13-29-21-25-19(15-6-4-3-5-7-15)18(12-22)20(26-21)24-16-8-10-17(11-9-16)30(23,27)28/h3-11,14H,13H2,1-2H3,(H2,23,27,28)(H,24,25,26). The first-order chi connectivity index (χ1) is 14.3. The number of primary sulfonamides is 1. The fraction of sp³-hybridized carbons (Fsp3) is 0.190. The zero-order valence-electron chi connectivity index (χ0n) is 16.5. The number of nitrogens with two attached hydrogens (primary N) is 1. The van der Waals surface area contributed by atoms with E-state index in [9.17, 15) is 13.7 Å². The third-order valence-electron chi connectivity index (χ3n) is 4.04. The monoisotopic (exact) mass is 439 g/mol. The summed E-state index contributed by atoms with van der Waals surface area (Å²) in [5.41, 5.74) is 2.25. The number of nitriles is 1. The summed E-state index contributed by atoms with van der Waals surface area (Å²) in [6.45, 7) is 4.22. The van der Waals surface area contributed by atoms with Gasteiger partial charge in [0.05, 0.1) is 10.6 Å². The van der Waals surface area contributed by atoms with Crippen molar-refractivity contribution in [3.8, 4) is 17.3 Å². The molecule has 9 heteroatoms. The molecule has 0 radical (unpaired) electrons. The molecule has 0 fully saturated rings. The van der Waals surface area contributed by atoms with Crippen molar-refractivity contribution in [2.75, 3.05) is 11.1 Å². The van der Waals surface area contributed by atoms with E-state index in [1.54, 1.807) is 12.1 Å². The molecule has 0 aliphatic rings. The van der Waals surface area contributed by atoms with Gasteiger partial charge >= 0.3 is 0 Å². The first-order valence-electron chi connectivity index (χ1n) is 9.18. The number of nitrogens with one attached hydrogen (secondary N) is 1. The number of hydrogen-bond donors (Lipinski definition) is 2. The minimum atomic E-state index is -3.78. The topological polar surface area (TPSA) is 122 Å². The Morgan fingerprint density at radius 1 is 1.10 bits per heavy atom. The van der Waals surface area contributed by atoms with Gasteiger partial charge in [0.15, 0.2) is 11.0 Å². The summed E-state index contributed by atoms with van der Waals surface area (Å²) in [5.74, 6) is 1.65. The summed E-state index contributed by atoms with van der Waals surface area (Å²) in [5, 5.41) is 18.7. The number of sulfonamides is 1. The van der Waals surface area contributed by atoms with Crippen molar-refractivity contribution in [1.82, 2.24) is 9.97 Å². The van der Waals surface area contributed by atoms with Gasteiger partial charge in [-0.2, -0.15) is 5.26 Å². The van der Waals surface area contributed by atoms with Crippen molar-refractivity contribution >= 4 is 33.3 Å². The number of anilines is 2. The fourth-order valence-electron chi connectivity index (χ4n) is 2.61. The summed E-state index contributed by atoms with van der Waals surface area (Å²) in [7, 11) is -3.78. The van der Waals surface area contributed by atoms with Gasteiger partial charge in [-0.05, 0) is 30.2 Å². The Bertz CT molecular complexity index is 1170. The van der Waals surface area contributed by atoms with E-state index in [0.29, 0.717) is 33.8 Å². The van der Waals surface area contributed by atoms with E-state index < -0.39 is 10.0 Å². The Hall–Kier alpha value is -2.93. The summed E-state index contributed by atoms with van der Waals surface area (Å²) in [4.78, 5) is 9.18. The van der Waals surface area contributed by atoms with E-state index in [1.165, 1.54) is 23.9 Å². The molecular formula is C21H21N5O2S2. The number of thioether (sulfide) groups is 1. The molecule has 0 spiro atoms. The highest BCUT2D eigenvalue weighted by Crippen LogP contribution is 2.31. The molecule has 154 valence electrons. The van der Waals surface area contributed by atoms with E-state index in [2.05, 4.69) is 35.2 Å². The maximum atomic E-state index is 11.5. The van der Waals surface area contributed by atoms with E-state index in [4.69, 9.17) is 5.14 Å². The van der Waals surface area contributed by atoms with Gasteiger partial charge in [0.1, 0.15) is 11.6 Å². The summed E-state index contributed by atoms with van der Waals surface area (Å²) in [6, 6.07) is 17.6. The van der Waals surface area contributed by atoms with E-state index in [1.807, 2.05) is 30.3 Å². The van der Waals surface area contributed by atoms with E-state index in [0.717, 1.165) is 11.3 Å². The Balaban J connectivity index is 2.05. The fourth-order valence-corrected chi connectivity index (χ4v) is 3.92. The van der Waals surface area contributed by atoms with Crippen LogP contribution in [0.15, 0.2) is 64.6 Å². The molecule has 0 saturated carbocycles. The van der Waals surface area contributed by atoms with Crippen molar-refractivity contribution < 1.29 is 8.42 Å². The maximum Gasteiger partial charge on any atom is 0.238 e. The first kappa shape index (κ1) is 21.8. The van der Waals surface area contributed by atoms with Crippen molar-refractivity contribution in [2.45, 2.75) is 23.9 Å². The lowest BCUT2D eigenvalue weighted by Crippen LogP contribution is -2.12. The van der Waals surface area contributed by atoms with Gasteiger partial charge in [-0.1, -0.05) is 55.9 Å². The Kier molecular flexibility index (Phi) is 6.72. The third kappa shape index (κ3) is 5.36.